The van der Waals surface area contributed by atoms with Crippen LogP contribution in [-0.2, 0) is 4.74 Å². The van der Waals surface area contributed by atoms with E-state index in [9.17, 15) is 0 Å². The molecule has 1 aromatic carbocycles. The highest BCUT2D eigenvalue weighted by atomic mass is 16.5. The Labute approximate surface area is 127 Å². The lowest BCUT2D eigenvalue weighted by atomic mass is 10.1. The highest BCUT2D eigenvalue weighted by molar-refractivity contribution is 5.79. The number of benzene rings is 1. The topological polar surface area (TPSA) is 46.1 Å². The van der Waals surface area contributed by atoms with Crippen LogP contribution >= 0.6 is 0 Å². The summed E-state index contributed by atoms with van der Waals surface area (Å²) in [6.45, 7) is 3.39. The van der Waals surface area contributed by atoms with Crippen molar-refractivity contribution in [2.75, 3.05) is 40.4 Å². The molecular formula is C16H25N3O2. The van der Waals surface area contributed by atoms with Crippen LogP contribution in [0.5, 0.6) is 5.75 Å². The van der Waals surface area contributed by atoms with Crippen LogP contribution in [0.4, 0.5) is 0 Å². The van der Waals surface area contributed by atoms with E-state index in [1.165, 1.54) is 0 Å². The van der Waals surface area contributed by atoms with Crippen molar-refractivity contribution < 1.29 is 9.47 Å². The van der Waals surface area contributed by atoms with Crippen LogP contribution in [0.3, 0.4) is 0 Å². The van der Waals surface area contributed by atoms with Gasteiger partial charge < -0.3 is 19.7 Å². The molecule has 116 valence electrons. The normalized spacial score (nSPS) is 16.9. The van der Waals surface area contributed by atoms with Crippen molar-refractivity contribution in [2.45, 2.75) is 18.9 Å². The number of rotatable bonds is 5. The molecule has 0 unspecified atom stereocenters. The maximum atomic E-state index is 6.01. The Morgan fingerprint density at radius 3 is 2.62 bits per heavy atom. The monoisotopic (exact) mass is 291 g/mol. The fourth-order valence-electron chi connectivity index (χ4n) is 2.47. The average Bonchev–Trinajstić information content (AvgIpc) is 2.54. The number of piperidine rings is 1. The van der Waals surface area contributed by atoms with E-state index >= 15 is 0 Å². The van der Waals surface area contributed by atoms with E-state index in [-0.39, 0.29) is 0 Å². The zero-order valence-electron chi connectivity index (χ0n) is 12.9. The number of hydrogen-bond acceptors (Lipinski definition) is 3. The van der Waals surface area contributed by atoms with Crippen molar-refractivity contribution in [1.29, 1.82) is 0 Å². The lowest BCUT2D eigenvalue weighted by molar-refractivity contribution is 0.129. The molecule has 0 aliphatic carbocycles. The number of ether oxygens (including phenoxy) is 2. The Hall–Kier alpha value is -1.75. The smallest absolute Gasteiger partial charge is 0.193 e. The Morgan fingerprint density at radius 1 is 1.29 bits per heavy atom. The molecule has 1 N–H and O–H groups in total. The van der Waals surface area contributed by atoms with Gasteiger partial charge in [-0.05, 0) is 12.1 Å². The van der Waals surface area contributed by atoms with E-state index in [1.54, 1.807) is 7.11 Å². The van der Waals surface area contributed by atoms with Gasteiger partial charge in [-0.2, -0.15) is 0 Å². The van der Waals surface area contributed by atoms with Crippen LogP contribution in [0, 0.1) is 0 Å². The minimum atomic E-state index is 0.292. The van der Waals surface area contributed by atoms with Crippen molar-refractivity contribution in [2.24, 2.45) is 4.99 Å². The van der Waals surface area contributed by atoms with Crippen molar-refractivity contribution in [1.82, 2.24) is 10.2 Å². The van der Waals surface area contributed by atoms with Gasteiger partial charge in [0, 0.05) is 46.6 Å². The van der Waals surface area contributed by atoms with Gasteiger partial charge in [0.15, 0.2) is 5.96 Å². The Morgan fingerprint density at radius 2 is 2.00 bits per heavy atom. The van der Waals surface area contributed by atoms with Gasteiger partial charge in [-0.25, -0.2) is 0 Å². The number of guanidine groups is 1. The number of nitrogens with zero attached hydrogens (tertiary/aromatic N) is 2. The molecule has 5 nitrogen and oxygen atoms in total. The van der Waals surface area contributed by atoms with Crippen molar-refractivity contribution in [3.05, 3.63) is 30.3 Å². The number of para-hydroxylation sites is 1. The standard InChI is InChI=1S/C16H25N3O2/c1-17-16(18-10-13-20-2)19-11-8-15(9-12-19)21-14-6-4-3-5-7-14/h3-7,15H,8-13H2,1-2H3,(H,17,18). The predicted octanol–water partition coefficient (Wildman–Crippen LogP) is 1.75. The summed E-state index contributed by atoms with van der Waals surface area (Å²) in [7, 11) is 3.53. The fraction of sp³-hybridized carbons (Fsp3) is 0.562. The first-order chi connectivity index (χ1) is 10.3. The summed E-state index contributed by atoms with van der Waals surface area (Å²) in [6.07, 6.45) is 2.32. The van der Waals surface area contributed by atoms with Crippen LogP contribution in [0.15, 0.2) is 35.3 Å². The molecule has 0 saturated carbocycles. The first-order valence-electron chi connectivity index (χ1n) is 7.49. The maximum absolute atomic E-state index is 6.01. The molecule has 0 spiro atoms. The maximum Gasteiger partial charge on any atom is 0.193 e. The van der Waals surface area contributed by atoms with Crippen molar-refractivity contribution in [3.8, 4) is 5.75 Å². The van der Waals surface area contributed by atoms with Gasteiger partial charge in [-0.15, -0.1) is 0 Å². The predicted molar refractivity (Wildman–Crippen MR) is 84.9 cm³/mol. The third-order valence-electron chi connectivity index (χ3n) is 3.59. The molecule has 1 aliphatic heterocycles. The van der Waals surface area contributed by atoms with Crippen molar-refractivity contribution in [3.63, 3.8) is 0 Å². The van der Waals surface area contributed by atoms with Crippen LogP contribution in [0.2, 0.25) is 0 Å². The first-order valence-corrected chi connectivity index (χ1v) is 7.49. The Kier molecular flexibility index (Phi) is 6.34. The molecule has 1 aromatic rings. The molecule has 0 radical (unpaired) electrons. The lowest BCUT2D eigenvalue weighted by Crippen LogP contribution is -2.48. The van der Waals surface area contributed by atoms with Crippen LogP contribution < -0.4 is 10.1 Å². The quantitative estimate of drug-likeness (QED) is 0.510. The molecule has 0 aromatic heterocycles. The second-order valence-electron chi connectivity index (χ2n) is 5.08. The van der Waals surface area contributed by atoms with Gasteiger partial charge in [0.2, 0.25) is 0 Å². The van der Waals surface area contributed by atoms with Gasteiger partial charge >= 0.3 is 0 Å². The highest BCUT2D eigenvalue weighted by Crippen LogP contribution is 2.18. The molecule has 0 bridgehead atoms. The SMILES string of the molecule is CN=C(NCCOC)N1CCC(Oc2ccccc2)CC1. The van der Waals surface area contributed by atoms with Gasteiger partial charge in [-0.1, -0.05) is 18.2 Å². The Bertz CT molecular complexity index is 428. The van der Waals surface area contributed by atoms with E-state index in [1.807, 2.05) is 37.4 Å². The minimum Gasteiger partial charge on any atom is -0.490 e. The number of hydrogen-bond donors (Lipinski definition) is 1. The fourth-order valence-corrected chi connectivity index (χ4v) is 2.47. The second-order valence-corrected chi connectivity index (χ2v) is 5.08. The average molecular weight is 291 g/mol. The molecule has 5 heteroatoms. The zero-order valence-corrected chi connectivity index (χ0v) is 12.9. The lowest BCUT2D eigenvalue weighted by Gasteiger charge is -2.34. The van der Waals surface area contributed by atoms with Gasteiger partial charge in [0.05, 0.1) is 6.61 Å². The minimum absolute atomic E-state index is 0.292. The van der Waals surface area contributed by atoms with Gasteiger partial charge in [-0.3, -0.25) is 4.99 Å². The number of methoxy groups -OCH3 is 1. The van der Waals surface area contributed by atoms with Gasteiger partial charge in [0.25, 0.3) is 0 Å². The molecule has 1 fully saturated rings. The molecule has 1 aliphatic rings. The molecule has 1 saturated heterocycles. The van der Waals surface area contributed by atoms with Crippen LogP contribution in [0.25, 0.3) is 0 Å². The first kappa shape index (κ1) is 15.6. The summed E-state index contributed by atoms with van der Waals surface area (Å²) in [5.74, 6) is 1.91. The van der Waals surface area contributed by atoms with Crippen LogP contribution in [0.1, 0.15) is 12.8 Å². The summed E-state index contributed by atoms with van der Waals surface area (Å²) in [5.41, 5.74) is 0. The third-order valence-corrected chi connectivity index (χ3v) is 3.59. The molecule has 21 heavy (non-hydrogen) atoms. The molecule has 0 amide bonds. The summed E-state index contributed by atoms with van der Waals surface area (Å²) < 4.78 is 11.1. The largest absolute Gasteiger partial charge is 0.490 e. The van der Waals surface area contributed by atoms with E-state index < -0.39 is 0 Å². The summed E-state index contributed by atoms with van der Waals surface area (Å²) in [6, 6.07) is 10.0. The summed E-state index contributed by atoms with van der Waals surface area (Å²) in [4.78, 5) is 6.61. The van der Waals surface area contributed by atoms with E-state index in [4.69, 9.17) is 9.47 Å². The number of nitrogens with one attached hydrogen (secondary N) is 1. The second kappa shape index (κ2) is 8.52. The van der Waals surface area contributed by atoms with Crippen molar-refractivity contribution >= 4 is 5.96 Å². The molecule has 0 atom stereocenters. The highest BCUT2D eigenvalue weighted by Gasteiger charge is 2.22. The zero-order chi connectivity index (χ0) is 14.9. The summed E-state index contributed by atoms with van der Waals surface area (Å²) >= 11 is 0. The summed E-state index contributed by atoms with van der Waals surface area (Å²) in [5, 5.41) is 3.31. The number of likely N-dealkylation sites (tertiary alicyclic amines) is 1. The molecule has 1 heterocycles. The van der Waals surface area contributed by atoms with E-state index in [0.29, 0.717) is 12.7 Å². The number of aliphatic imine (C=N–C) groups is 1. The Balaban J connectivity index is 1.77. The van der Waals surface area contributed by atoms with Crippen LogP contribution in [-0.4, -0.2) is 57.4 Å². The van der Waals surface area contributed by atoms with E-state index in [2.05, 4.69) is 15.2 Å². The molecular weight excluding hydrogens is 266 g/mol. The third kappa shape index (κ3) is 4.93. The van der Waals surface area contributed by atoms with E-state index in [0.717, 1.165) is 44.2 Å². The van der Waals surface area contributed by atoms with Gasteiger partial charge in [0.1, 0.15) is 11.9 Å². The molecule has 2 rings (SSSR count).